The van der Waals surface area contributed by atoms with Crippen molar-refractivity contribution in [3.05, 3.63) is 33.4 Å². The molecule has 0 saturated heterocycles. The van der Waals surface area contributed by atoms with E-state index in [9.17, 15) is 9.90 Å². The van der Waals surface area contributed by atoms with Crippen molar-refractivity contribution in [2.24, 2.45) is 17.8 Å². The van der Waals surface area contributed by atoms with Crippen LogP contribution in [0, 0.1) is 21.3 Å². The Morgan fingerprint density at radius 1 is 1.35 bits per heavy atom. The Balaban J connectivity index is 1.58. The molecule has 5 atom stereocenters. The third kappa shape index (κ3) is 3.90. The van der Waals surface area contributed by atoms with E-state index in [0.29, 0.717) is 18.8 Å². The summed E-state index contributed by atoms with van der Waals surface area (Å²) >= 11 is 2.21. The van der Waals surface area contributed by atoms with Gasteiger partial charge in [-0.1, -0.05) is 31.5 Å². The number of halogens is 1. The van der Waals surface area contributed by atoms with Gasteiger partial charge in [-0.25, -0.2) is 0 Å². The molecular formula is C19H25IO3. The molecule has 3 nitrogen and oxygen atoms in total. The zero-order valence-electron chi connectivity index (χ0n) is 13.6. The second-order valence-electron chi connectivity index (χ2n) is 7.04. The van der Waals surface area contributed by atoms with Gasteiger partial charge < -0.3 is 9.84 Å². The van der Waals surface area contributed by atoms with E-state index < -0.39 is 12.2 Å². The quantitative estimate of drug-likeness (QED) is 0.537. The number of ether oxygens (including phenoxy) is 1. The second kappa shape index (κ2) is 7.51. The number of aliphatic hydroxyl groups is 1. The number of esters is 1. The van der Waals surface area contributed by atoms with E-state index in [0.717, 1.165) is 21.0 Å². The van der Waals surface area contributed by atoms with E-state index in [1.165, 1.54) is 25.7 Å². The summed E-state index contributed by atoms with van der Waals surface area (Å²) in [5.74, 6) is 1.94. The van der Waals surface area contributed by atoms with E-state index in [1.54, 1.807) is 0 Å². The maximum atomic E-state index is 12.3. The number of hydrogen-bond donors (Lipinski definition) is 1. The maximum absolute atomic E-state index is 12.3. The van der Waals surface area contributed by atoms with Crippen molar-refractivity contribution in [2.75, 3.05) is 0 Å². The third-order valence-electron chi connectivity index (χ3n) is 5.57. The highest BCUT2D eigenvalue weighted by Crippen LogP contribution is 2.49. The zero-order valence-corrected chi connectivity index (χ0v) is 15.7. The lowest BCUT2D eigenvalue weighted by molar-refractivity contribution is -0.157. The van der Waals surface area contributed by atoms with Gasteiger partial charge in [-0.05, 0) is 77.7 Å². The molecule has 1 N–H and O–H groups in total. The molecule has 0 aromatic heterocycles. The smallest absolute Gasteiger partial charge is 0.306 e. The van der Waals surface area contributed by atoms with E-state index >= 15 is 0 Å². The summed E-state index contributed by atoms with van der Waals surface area (Å²) in [6.07, 6.45) is 5.05. The van der Waals surface area contributed by atoms with Crippen LogP contribution in [-0.2, 0) is 9.53 Å². The molecule has 2 aliphatic rings. The van der Waals surface area contributed by atoms with Gasteiger partial charge in [0, 0.05) is 9.99 Å². The van der Waals surface area contributed by atoms with Crippen molar-refractivity contribution < 1.29 is 14.6 Å². The van der Waals surface area contributed by atoms with Gasteiger partial charge in [0.05, 0.1) is 0 Å². The first-order valence-electron chi connectivity index (χ1n) is 8.70. The predicted molar refractivity (Wildman–Crippen MR) is 97.8 cm³/mol. The van der Waals surface area contributed by atoms with Crippen LogP contribution in [0.1, 0.15) is 57.1 Å². The van der Waals surface area contributed by atoms with Crippen molar-refractivity contribution in [2.45, 2.75) is 57.7 Å². The number of fused-ring (bicyclic) bond motifs is 2. The summed E-state index contributed by atoms with van der Waals surface area (Å²) in [5, 5.41) is 10.6. The average Bonchev–Trinajstić information content (AvgIpc) is 3.15. The molecule has 126 valence electrons. The fourth-order valence-electron chi connectivity index (χ4n) is 4.34. The molecule has 2 aliphatic carbocycles. The van der Waals surface area contributed by atoms with Crippen LogP contribution in [0.2, 0.25) is 0 Å². The molecule has 1 aromatic carbocycles. The van der Waals surface area contributed by atoms with Crippen molar-refractivity contribution in [1.29, 1.82) is 0 Å². The zero-order chi connectivity index (χ0) is 16.4. The number of carbonyl (C=O) groups excluding carboxylic acids is 1. The van der Waals surface area contributed by atoms with Gasteiger partial charge in [-0.3, -0.25) is 4.79 Å². The van der Waals surface area contributed by atoms with Gasteiger partial charge in [0.1, 0.15) is 12.2 Å². The lowest BCUT2D eigenvalue weighted by atomic mass is 9.86. The van der Waals surface area contributed by atoms with E-state index in [1.807, 2.05) is 31.2 Å². The molecule has 0 heterocycles. The molecular weight excluding hydrogens is 403 g/mol. The van der Waals surface area contributed by atoms with E-state index in [-0.39, 0.29) is 5.97 Å². The highest BCUT2D eigenvalue weighted by Gasteiger charge is 2.40. The Bertz CT molecular complexity index is 559. The second-order valence-corrected chi connectivity index (χ2v) is 8.20. The van der Waals surface area contributed by atoms with Gasteiger partial charge in [-0.15, -0.1) is 0 Å². The minimum atomic E-state index is -0.753. The van der Waals surface area contributed by atoms with Crippen LogP contribution >= 0.6 is 22.6 Å². The monoisotopic (exact) mass is 428 g/mol. The predicted octanol–water partition coefficient (Wildman–Crippen LogP) is 4.47. The Labute approximate surface area is 151 Å². The Morgan fingerprint density at radius 2 is 2.13 bits per heavy atom. The van der Waals surface area contributed by atoms with Gasteiger partial charge >= 0.3 is 5.97 Å². The van der Waals surface area contributed by atoms with Crippen molar-refractivity contribution >= 4 is 28.6 Å². The minimum Gasteiger partial charge on any atom is -0.459 e. The topological polar surface area (TPSA) is 46.5 Å². The number of hydrogen-bond acceptors (Lipinski definition) is 3. The highest BCUT2D eigenvalue weighted by atomic mass is 127. The van der Waals surface area contributed by atoms with Gasteiger partial charge in [0.2, 0.25) is 0 Å². The van der Waals surface area contributed by atoms with E-state index in [4.69, 9.17) is 4.74 Å². The normalized spacial score (nSPS) is 28.6. The molecule has 4 heteroatoms. The van der Waals surface area contributed by atoms with Gasteiger partial charge in [-0.2, -0.15) is 0 Å². The molecule has 3 rings (SSSR count). The largest absolute Gasteiger partial charge is 0.459 e. The lowest BCUT2D eigenvalue weighted by Crippen LogP contribution is -2.27. The summed E-state index contributed by atoms with van der Waals surface area (Å²) in [6.45, 7) is 1.95. The number of rotatable bonds is 6. The Hall–Kier alpha value is -0.620. The van der Waals surface area contributed by atoms with Crippen LogP contribution in [0.4, 0.5) is 0 Å². The molecule has 0 aliphatic heterocycles. The first-order valence-corrected chi connectivity index (χ1v) is 9.78. The van der Waals surface area contributed by atoms with Crippen LogP contribution in [0.5, 0.6) is 0 Å². The van der Waals surface area contributed by atoms with Crippen LogP contribution in [0.3, 0.4) is 0 Å². The molecule has 3 unspecified atom stereocenters. The standard InChI is InChI=1S/C19H25IO3/c1-2-17(19(22)15-5-3-4-6-16(15)20)23-18(21)11-14-10-12-7-8-13(14)9-12/h3-6,12-14,17,19,22H,2,7-11H2,1H3/t12?,13?,14?,17-,19-/m0/s1. The van der Waals surface area contributed by atoms with Crippen molar-refractivity contribution in [3.8, 4) is 0 Å². The van der Waals surface area contributed by atoms with E-state index in [2.05, 4.69) is 22.6 Å². The van der Waals surface area contributed by atoms with Crippen molar-refractivity contribution in [1.82, 2.24) is 0 Å². The molecule has 0 spiro atoms. The number of carbonyl (C=O) groups is 1. The molecule has 2 saturated carbocycles. The lowest BCUT2D eigenvalue weighted by Gasteiger charge is -2.25. The summed E-state index contributed by atoms with van der Waals surface area (Å²) in [4.78, 5) is 12.3. The fourth-order valence-corrected chi connectivity index (χ4v) is 5.05. The fraction of sp³-hybridized carbons (Fsp3) is 0.632. The summed E-state index contributed by atoms with van der Waals surface area (Å²) < 4.78 is 6.65. The molecule has 0 radical (unpaired) electrons. The van der Waals surface area contributed by atoms with Crippen LogP contribution in [-0.4, -0.2) is 17.2 Å². The first-order chi connectivity index (χ1) is 11.1. The van der Waals surface area contributed by atoms with Gasteiger partial charge in [0.15, 0.2) is 0 Å². The minimum absolute atomic E-state index is 0.139. The Kier molecular flexibility index (Phi) is 5.62. The summed E-state index contributed by atoms with van der Waals surface area (Å²) in [6, 6.07) is 7.71. The van der Waals surface area contributed by atoms with Crippen molar-refractivity contribution in [3.63, 3.8) is 0 Å². The SMILES string of the molecule is CC[C@H](OC(=O)CC1CC2CCC1C2)[C@@H](O)c1ccccc1I. The molecule has 0 amide bonds. The van der Waals surface area contributed by atoms with Crippen LogP contribution < -0.4 is 0 Å². The number of benzene rings is 1. The first kappa shape index (κ1) is 17.2. The summed E-state index contributed by atoms with van der Waals surface area (Å²) in [7, 11) is 0. The molecule has 2 bridgehead atoms. The third-order valence-corrected chi connectivity index (χ3v) is 6.56. The van der Waals surface area contributed by atoms with Gasteiger partial charge in [0.25, 0.3) is 0 Å². The molecule has 2 fully saturated rings. The Morgan fingerprint density at radius 3 is 2.74 bits per heavy atom. The van der Waals surface area contributed by atoms with Crippen LogP contribution in [0.15, 0.2) is 24.3 Å². The summed E-state index contributed by atoms with van der Waals surface area (Å²) in [5.41, 5.74) is 0.840. The molecule has 23 heavy (non-hydrogen) atoms. The number of aliphatic hydroxyl groups excluding tert-OH is 1. The maximum Gasteiger partial charge on any atom is 0.306 e. The molecule has 1 aromatic rings. The average molecular weight is 428 g/mol. The highest BCUT2D eigenvalue weighted by molar-refractivity contribution is 14.1. The van der Waals surface area contributed by atoms with Crippen LogP contribution in [0.25, 0.3) is 0 Å².